The van der Waals surface area contributed by atoms with Crippen molar-refractivity contribution in [1.82, 2.24) is 15.1 Å². The Morgan fingerprint density at radius 1 is 1.25 bits per heavy atom. The second kappa shape index (κ2) is 10.7. The van der Waals surface area contributed by atoms with Crippen LogP contribution in [0.1, 0.15) is 43.5 Å². The van der Waals surface area contributed by atoms with Crippen LogP contribution in [0.25, 0.3) is 0 Å². The van der Waals surface area contributed by atoms with Crippen molar-refractivity contribution < 1.29 is 14.3 Å². The molecule has 6 nitrogen and oxygen atoms in total. The van der Waals surface area contributed by atoms with Crippen LogP contribution in [0.4, 0.5) is 0 Å². The van der Waals surface area contributed by atoms with E-state index in [0.717, 1.165) is 44.6 Å². The monoisotopic (exact) mass is 409 g/mol. The summed E-state index contributed by atoms with van der Waals surface area (Å²) in [7, 11) is 0. The Kier molecular flexibility index (Phi) is 8.58. The zero-order valence-electron chi connectivity index (χ0n) is 16.9. The number of piperazine rings is 1. The molecule has 0 aromatic heterocycles. The Morgan fingerprint density at radius 3 is 2.68 bits per heavy atom. The summed E-state index contributed by atoms with van der Waals surface area (Å²) in [6, 6.07) is 7.55. The number of rotatable bonds is 6. The van der Waals surface area contributed by atoms with Crippen molar-refractivity contribution in [2.45, 2.75) is 39.2 Å². The van der Waals surface area contributed by atoms with E-state index in [2.05, 4.69) is 19.2 Å². The third kappa shape index (κ3) is 5.85. The molecule has 1 aromatic rings. The first-order chi connectivity index (χ1) is 13.0. The highest BCUT2D eigenvalue weighted by Gasteiger charge is 2.31. The van der Waals surface area contributed by atoms with E-state index in [9.17, 15) is 9.59 Å². The quantitative estimate of drug-likeness (QED) is 0.784. The number of carbonyl (C=O) groups excluding carboxylic acids is 2. The summed E-state index contributed by atoms with van der Waals surface area (Å²) in [6.45, 7) is 8.37. The molecule has 28 heavy (non-hydrogen) atoms. The van der Waals surface area contributed by atoms with E-state index in [1.807, 2.05) is 34.1 Å². The van der Waals surface area contributed by atoms with Gasteiger partial charge in [0.05, 0.1) is 13.2 Å². The molecule has 1 unspecified atom stereocenters. The molecule has 1 atom stereocenters. The molecule has 1 aromatic carbocycles. The maximum absolute atomic E-state index is 12.9. The van der Waals surface area contributed by atoms with Gasteiger partial charge in [-0.15, -0.1) is 12.4 Å². The molecule has 2 aliphatic rings. The smallest absolute Gasteiger partial charge is 0.253 e. The van der Waals surface area contributed by atoms with E-state index < -0.39 is 0 Å². The first-order valence-corrected chi connectivity index (χ1v) is 10.1. The molecule has 0 radical (unpaired) electrons. The van der Waals surface area contributed by atoms with Crippen LogP contribution >= 0.6 is 12.4 Å². The predicted molar refractivity (Wildman–Crippen MR) is 112 cm³/mol. The molecule has 0 aliphatic carbocycles. The van der Waals surface area contributed by atoms with Gasteiger partial charge in [0, 0.05) is 37.8 Å². The van der Waals surface area contributed by atoms with Gasteiger partial charge in [0.2, 0.25) is 5.91 Å². The molecule has 2 heterocycles. The zero-order chi connectivity index (χ0) is 19.2. The predicted octanol–water partition coefficient (Wildman–Crippen LogP) is 2.57. The fourth-order valence-corrected chi connectivity index (χ4v) is 3.69. The van der Waals surface area contributed by atoms with E-state index in [4.69, 9.17) is 4.74 Å². The van der Waals surface area contributed by atoms with Gasteiger partial charge in [0.15, 0.2) is 0 Å². The number of hydrogen-bond donors (Lipinski definition) is 1. The van der Waals surface area contributed by atoms with Crippen molar-refractivity contribution in [1.29, 1.82) is 0 Å². The summed E-state index contributed by atoms with van der Waals surface area (Å²) in [5, 5.41) is 3.11. The van der Waals surface area contributed by atoms with E-state index in [-0.39, 0.29) is 30.3 Å². The van der Waals surface area contributed by atoms with Crippen LogP contribution in [-0.4, -0.2) is 67.0 Å². The molecule has 1 N–H and O–H groups in total. The first-order valence-electron chi connectivity index (χ1n) is 10.1. The van der Waals surface area contributed by atoms with Crippen molar-refractivity contribution in [3.63, 3.8) is 0 Å². The lowest BCUT2D eigenvalue weighted by Gasteiger charge is -2.41. The van der Waals surface area contributed by atoms with Crippen LogP contribution in [0.5, 0.6) is 5.75 Å². The maximum Gasteiger partial charge on any atom is 0.253 e. The molecule has 3 rings (SSSR count). The highest BCUT2D eigenvalue weighted by molar-refractivity contribution is 5.94. The van der Waals surface area contributed by atoms with E-state index in [1.165, 1.54) is 0 Å². The van der Waals surface area contributed by atoms with Crippen molar-refractivity contribution >= 4 is 24.2 Å². The van der Waals surface area contributed by atoms with Crippen LogP contribution in [0.3, 0.4) is 0 Å². The molecule has 7 heteroatoms. The summed E-state index contributed by atoms with van der Waals surface area (Å²) >= 11 is 0. The summed E-state index contributed by atoms with van der Waals surface area (Å²) < 4.78 is 5.73. The van der Waals surface area contributed by atoms with Crippen molar-refractivity contribution in [3.8, 4) is 5.75 Å². The molecular weight excluding hydrogens is 378 g/mol. The highest BCUT2D eigenvalue weighted by Crippen LogP contribution is 2.20. The second-order valence-electron chi connectivity index (χ2n) is 7.87. The van der Waals surface area contributed by atoms with Gasteiger partial charge < -0.3 is 19.9 Å². The number of benzene rings is 1. The van der Waals surface area contributed by atoms with Gasteiger partial charge in [-0.25, -0.2) is 0 Å². The summed E-state index contributed by atoms with van der Waals surface area (Å²) in [6.07, 6.45) is 2.92. The number of nitrogens with one attached hydrogen (secondary N) is 1. The number of nitrogens with zero attached hydrogens (tertiary/aromatic N) is 2. The van der Waals surface area contributed by atoms with E-state index in [0.29, 0.717) is 31.2 Å². The number of halogens is 1. The number of likely N-dealkylation sites (tertiary alicyclic amines) is 1. The lowest BCUT2D eigenvalue weighted by Crippen LogP contribution is -2.57. The highest BCUT2D eigenvalue weighted by atomic mass is 35.5. The number of hydrogen-bond acceptors (Lipinski definition) is 4. The summed E-state index contributed by atoms with van der Waals surface area (Å²) in [5.41, 5.74) is 0.679. The molecular formula is C21H32ClN3O3. The third-order valence-corrected chi connectivity index (χ3v) is 5.32. The fraction of sp³-hybridized carbons (Fsp3) is 0.619. The van der Waals surface area contributed by atoms with Gasteiger partial charge in [-0.2, -0.15) is 0 Å². The van der Waals surface area contributed by atoms with Crippen molar-refractivity contribution in [2.75, 3.05) is 39.3 Å². The van der Waals surface area contributed by atoms with Crippen molar-refractivity contribution in [3.05, 3.63) is 29.8 Å². The Balaban J connectivity index is 0.00000280. The summed E-state index contributed by atoms with van der Waals surface area (Å²) in [5.74, 6) is 1.59. The van der Waals surface area contributed by atoms with Crippen LogP contribution < -0.4 is 10.1 Å². The van der Waals surface area contributed by atoms with Crippen LogP contribution in [0.15, 0.2) is 24.3 Å². The number of ether oxygens (including phenoxy) is 1. The van der Waals surface area contributed by atoms with Gasteiger partial charge in [-0.05, 0) is 49.4 Å². The normalized spacial score (nSPS) is 20.1. The zero-order valence-corrected chi connectivity index (χ0v) is 17.7. The van der Waals surface area contributed by atoms with Gasteiger partial charge in [0.25, 0.3) is 5.91 Å². The number of carbonyl (C=O) groups is 2. The number of piperidine rings is 1. The third-order valence-electron chi connectivity index (χ3n) is 5.32. The molecule has 2 aliphatic heterocycles. The van der Waals surface area contributed by atoms with Crippen LogP contribution in [0.2, 0.25) is 0 Å². The van der Waals surface area contributed by atoms with Gasteiger partial charge in [-0.3, -0.25) is 9.59 Å². The largest absolute Gasteiger partial charge is 0.494 e. The molecule has 2 amide bonds. The average molecular weight is 410 g/mol. The Labute approximate surface area is 174 Å². The standard InChI is InChI=1S/C21H31N3O3.ClH/c1-16(2)9-13-27-19-7-5-17(6-8-19)21(26)23-11-3-4-18(15-23)24-12-10-22-14-20(24)25;/h5-8,16,18,22H,3-4,9-15H2,1-2H3;1H. The minimum Gasteiger partial charge on any atom is -0.494 e. The van der Waals surface area contributed by atoms with Crippen LogP contribution in [-0.2, 0) is 4.79 Å². The van der Waals surface area contributed by atoms with E-state index in [1.54, 1.807) is 0 Å². The van der Waals surface area contributed by atoms with Gasteiger partial charge >= 0.3 is 0 Å². The minimum absolute atomic E-state index is 0. The Morgan fingerprint density at radius 2 is 2.00 bits per heavy atom. The SMILES string of the molecule is CC(C)CCOc1ccc(C(=O)N2CCCC(N3CCNCC3=O)C2)cc1.Cl. The van der Waals surface area contributed by atoms with Crippen LogP contribution in [0, 0.1) is 5.92 Å². The fourth-order valence-electron chi connectivity index (χ4n) is 3.69. The molecule has 2 saturated heterocycles. The molecule has 2 fully saturated rings. The Bertz CT molecular complexity index is 651. The molecule has 0 bridgehead atoms. The van der Waals surface area contributed by atoms with Gasteiger partial charge in [0.1, 0.15) is 5.75 Å². The maximum atomic E-state index is 12.9. The topological polar surface area (TPSA) is 61.9 Å². The average Bonchev–Trinajstić information content (AvgIpc) is 2.68. The number of amides is 2. The molecule has 0 spiro atoms. The lowest BCUT2D eigenvalue weighted by atomic mass is 10.0. The van der Waals surface area contributed by atoms with Crippen molar-refractivity contribution in [2.24, 2.45) is 5.92 Å². The lowest BCUT2D eigenvalue weighted by molar-refractivity contribution is -0.135. The molecule has 0 saturated carbocycles. The first kappa shape index (κ1) is 22.5. The second-order valence-corrected chi connectivity index (χ2v) is 7.87. The summed E-state index contributed by atoms with van der Waals surface area (Å²) in [4.78, 5) is 28.9. The van der Waals surface area contributed by atoms with Gasteiger partial charge in [-0.1, -0.05) is 13.8 Å². The van der Waals surface area contributed by atoms with E-state index >= 15 is 0 Å². The Hall–Kier alpha value is -1.79. The minimum atomic E-state index is 0. The molecule has 156 valence electrons.